The van der Waals surface area contributed by atoms with E-state index in [4.69, 9.17) is 9.47 Å². The third-order valence-electron chi connectivity index (χ3n) is 4.69. The van der Waals surface area contributed by atoms with Gasteiger partial charge in [0.05, 0.1) is 19.4 Å². The minimum atomic E-state index is -0.229. The maximum Gasteiger partial charge on any atom is 0.250 e. The standard InChI is InChI=1S/C25H28N2O3S/c1-4-5-9-16-30-21-14-12-19(17-22(21)29-3)13-15-23(28)26-25-27-24(18(2)31-25)20-10-7-6-8-11-20/h6-8,10-15,17H,4-5,9,16H2,1-3H3,(H,26,27,28). The minimum Gasteiger partial charge on any atom is -0.493 e. The SMILES string of the molecule is CCCCCOc1ccc(C=CC(=O)Nc2nc(-c3ccccc3)c(C)s2)cc1OC. The first-order chi connectivity index (χ1) is 15.1. The van der Waals surface area contributed by atoms with Crippen LogP contribution in [0.2, 0.25) is 0 Å². The molecule has 2 aromatic carbocycles. The second-order valence-electron chi connectivity index (χ2n) is 7.08. The van der Waals surface area contributed by atoms with Crippen LogP contribution in [-0.4, -0.2) is 24.6 Å². The van der Waals surface area contributed by atoms with Crippen LogP contribution >= 0.6 is 11.3 Å². The van der Waals surface area contributed by atoms with Crippen molar-refractivity contribution < 1.29 is 14.3 Å². The molecule has 0 saturated carbocycles. The molecule has 0 unspecified atom stereocenters. The Labute approximate surface area is 187 Å². The molecule has 0 aliphatic rings. The summed E-state index contributed by atoms with van der Waals surface area (Å²) in [5.41, 5.74) is 2.79. The van der Waals surface area contributed by atoms with Gasteiger partial charge in [0.25, 0.3) is 0 Å². The summed E-state index contributed by atoms with van der Waals surface area (Å²) in [5.74, 6) is 1.14. The van der Waals surface area contributed by atoms with Crippen molar-refractivity contribution in [2.24, 2.45) is 0 Å². The Hall–Kier alpha value is -3.12. The first-order valence-electron chi connectivity index (χ1n) is 10.4. The Kier molecular flexibility index (Phi) is 8.24. The number of aromatic nitrogens is 1. The number of thiazole rings is 1. The molecule has 0 fully saturated rings. The van der Waals surface area contributed by atoms with Crippen molar-refractivity contribution in [3.8, 4) is 22.8 Å². The number of hydrogen-bond donors (Lipinski definition) is 1. The van der Waals surface area contributed by atoms with Crippen LogP contribution in [0.1, 0.15) is 36.6 Å². The smallest absolute Gasteiger partial charge is 0.250 e. The van der Waals surface area contributed by atoms with Gasteiger partial charge >= 0.3 is 0 Å². The van der Waals surface area contributed by atoms with E-state index in [-0.39, 0.29) is 5.91 Å². The molecule has 0 radical (unpaired) electrons. The molecule has 0 atom stereocenters. The van der Waals surface area contributed by atoms with E-state index < -0.39 is 0 Å². The number of unbranched alkanes of at least 4 members (excludes halogenated alkanes) is 2. The van der Waals surface area contributed by atoms with Crippen LogP contribution in [0.4, 0.5) is 5.13 Å². The second kappa shape index (κ2) is 11.3. The molecule has 162 valence electrons. The van der Waals surface area contributed by atoms with E-state index in [1.165, 1.54) is 17.4 Å². The zero-order chi connectivity index (χ0) is 22.1. The van der Waals surface area contributed by atoms with Crippen molar-refractivity contribution in [3.63, 3.8) is 0 Å². The van der Waals surface area contributed by atoms with Gasteiger partial charge in [-0.2, -0.15) is 0 Å². The van der Waals surface area contributed by atoms with Gasteiger partial charge in [0, 0.05) is 16.5 Å². The monoisotopic (exact) mass is 436 g/mol. The molecule has 0 aliphatic heterocycles. The molecule has 5 nitrogen and oxygen atoms in total. The number of carbonyl (C=O) groups is 1. The molecule has 0 bridgehead atoms. The van der Waals surface area contributed by atoms with E-state index in [9.17, 15) is 4.79 Å². The molecule has 0 spiro atoms. The number of anilines is 1. The quantitative estimate of drug-likeness (QED) is 0.297. The first-order valence-corrected chi connectivity index (χ1v) is 11.2. The summed E-state index contributed by atoms with van der Waals surface area (Å²) in [4.78, 5) is 18.0. The Balaban J connectivity index is 1.62. The highest BCUT2D eigenvalue weighted by Gasteiger charge is 2.11. The van der Waals surface area contributed by atoms with Gasteiger partial charge in [-0.3, -0.25) is 10.1 Å². The molecule has 0 aliphatic carbocycles. The number of methoxy groups -OCH3 is 1. The number of rotatable bonds is 10. The number of carbonyl (C=O) groups excluding carboxylic acids is 1. The largest absolute Gasteiger partial charge is 0.493 e. The fraction of sp³-hybridized carbons (Fsp3) is 0.280. The van der Waals surface area contributed by atoms with Gasteiger partial charge in [-0.15, -0.1) is 11.3 Å². The summed E-state index contributed by atoms with van der Waals surface area (Å²) in [6.45, 7) is 4.83. The molecule has 1 aromatic heterocycles. The van der Waals surface area contributed by atoms with Crippen molar-refractivity contribution >= 4 is 28.5 Å². The number of nitrogens with one attached hydrogen (secondary N) is 1. The number of benzene rings is 2. The van der Waals surface area contributed by atoms with Gasteiger partial charge in [-0.1, -0.05) is 56.2 Å². The summed E-state index contributed by atoms with van der Waals surface area (Å²) in [6, 6.07) is 15.6. The van der Waals surface area contributed by atoms with Crippen molar-refractivity contribution in [2.75, 3.05) is 19.0 Å². The third kappa shape index (κ3) is 6.43. The predicted molar refractivity (Wildman–Crippen MR) is 128 cm³/mol. The fourth-order valence-electron chi connectivity index (χ4n) is 3.07. The molecule has 0 saturated heterocycles. The lowest BCUT2D eigenvalue weighted by Gasteiger charge is -2.11. The molecule has 1 N–H and O–H groups in total. The average Bonchev–Trinajstić information content (AvgIpc) is 3.16. The first kappa shape index (κ1) is 22.6. The maximum atomic E-state index is 12.4. The van der Waals surface area contributed by atoms with Crippen LogP contribution in [0.15, 0.2) is 54.6 Å². The highest BCUT2D eigenvalue weighted by atomic mass is 32.1. The summed E-state index contributed by atoms with van der Waals surface area (Å²) < 4.78 is 11.2. The molecule has 3 aromatic rings. The van der Waals surface area contributed by atoms with Crippen LogP contribution in [0, 0.1) is 6.92 Å². The van der Waals surface area contributed by atoms with Crippen molar-refractivity contribution in [1.82, 2.24) is 4.98 Å². The van der Waals surface area contributed by atoms with E-state index in [0.717, 1.165) is 41.0 Å². The lowest BCUT2D eigenvalue weighted by molar-refractivity contribution is -0.111. The lowest BCUT2D eigenvalue weighted by Crippen LogP contribution is -2.07. The van der Waals surface area contributed by atoms with Crippen LogP contribution in [-0.2, 0) is 4.79 Å². The highest BCUT2D eigenvalue weighted by Crippen LogP contribution is 2.31. The number of ether oxygens (including phenoxy) is 2. The predicted octanol–water partition coefficient (Wildman–Crippen LogP) is 6.35. The van der Waals surface area contributed by atoms with E-state index >= 15 is 0 Å². The van der Waals surface area contributed by atoms with Crippen molar-refractivity contribution in [1.29, 1.82) is 0 Å². The average molecular weight is 437 g/mol. The summed E-state index contributed by atoms with van der Waals surface area (Å²) in [5, 5.41) is 3.43. The third-order valence-corrected chi connectivity index (χ3v) is 5.58. The Morgan fingerprint density at radius 1 is 1.13 bits per heavy atom. The van der Waals surface area contributed by atoms with Gasteiger partial charge in [0.2, 0.25) is 5.91 Å². The van der Waals surface area contributed by atoms with Crippen LogP contribution < -0.4 is 14.8 Å². The molecule has 1 amide bonds. The van der Waals surface area contributed by atoms with Gasteiger partial charge in [0.1, 0.15) is 0 Å². The summed E-state index contributed by atoms with van der Waals surface area (Å²) in [6.07, 6.45) is 6.56. The molecular formula is C25H28N2O3S. The summed E-state index contributed by atoms with van der Waals surface area (Å²) in [7, 11) is 1.61. The van der Waals surface area contributed by atoms with Crippen LogP contribution in [0.25, 0.3) is 17.3 Å². The zero-order valence-corrected chi connectivity index (χ0v) is 19.0. The van der Waals surface area contributed by atoms with Gasteiger partial charge in [0.15, 0.2) is 16.6 Å². The van der Waals surface area contributed by atoms with Crippen LogP contribution in [0.3, 0.4) is 0 Å². The number of nitrogens with zero attached hydrogens (tertiary/aromatic N) is 1. The second-order valence-corrected chi connectivity index (χ2v) is 8.28. The minimum absolute atomic E-state index is 0.229. The van der Waals surface area contributed by atoms with Gasteiger partial charge in [-0.25, -0.2) is 4.98 Å². The number of hydrogen-bond acceptors (Lipinski definition) is 5. The Morgan fingerprint density at radius 2 is 1.94 bits per heavy atom. The van der Waals surface area contributed by atoms with Crippen LogP contribution in [0.5, 0.6) is 11.5 Å². The van der Waals surface area contributed by atoms with E-state index in [1.807, 2.05) is 55.5 Å². The molecule has 3 rings (SSSR count). The lowest BCUT2D eigenvalue weighted by atomic mass is 10.1. The molecule has 6 heteroatoms. The molecule has 31 heavy (non-hydrogen) atoms. The zero-order valence-electron chi connectivity index (χ0n) is 18.2. The fourth-order valence-corrected chi connectivity index (χ4v) is 3.91. The number of amides is 1. The van der Waals surface area contributed by atoms with Gasteiger partial charge < -0.3 is 9.47 Å². The highest BCUT2D eigenvalue weighted by molar-refractivity contribution is 7.16. The number of aryl methyl sites for hydroxylation is 1. The van der Waals surface area contributed by atoms with E-state index in [1.54, 1.807) is 13.2 Å². The maximum absolute atomic E-state index is 12.4. The molecular weight excluding hydrogens is 408 g/mol. The summed E-state index contributed by atoms with van der Waals surface area (Å²) >= 11 is 1.46. The van der Waals surface area contributed by atoms with Crippen molar-refractivity contribution in [3.05, 3.63) is 65.0 Å². The Morgan fingerprint density at radius 3 is 2.68 bits per heavy atom. The van der Waals surface area contributed by atoms with E-state index in [2.05, 4.69) is 17.2 Å². The van der Waals surface area contributed by atoms with Gasteiger partial charge in [-0.05, 0) is 37.1 Å². The van der Waals surface area contributed by atoms with E-state index in [0.29, 0.717) is 23.2 Å². The Bertz CT molecular complexity index is 1030. The normalized spacial score (nSPS) is 10.9. The molecule has 1 heterocycles. The van der Waals surface area contributed by atoms with Crippen molar-refractivity contribution in [2.45, 2.75) is 33.1 Å². The topological polar surface area (TPSA) is 60.5 Å².